The SMILES string of the molecule is O=C(CN(Cc1ccco1)C(=O)Cc1cccc2ccccc12)Nc1ccccc1C(F)(F)F. The summed E-state index contributed by atoms with van der Waals surface area (Å²) in [5.41, 5.74) is -0.530. The highest BCUT2D eigenvalue weighted by Gasteiger charge is 2.33. The zero-order valence-electron chi connectivity index (χ0n) is 18.0. The third-order valence-electron chi connectivity index (χ3n) is 5.34. The molecular formula is C26H21F3N2O3. The van der Waals surface area contributed by atoms with Gasteiger partial charge in [0, 0.05) is 0 Å². The topological polar surface area (TPSA) is 62.6 Å². The van der Waals surface area contributed by atoms with Crippen molar-refractivity contribution < 1.29 is 27.2 Å². The second kappa shape index (κ2) is 9.82. The molecule has 0 saturated carbocycles. The first-order valence-corrected chi connectivity index (χ1v) is 10.5. The van der Waals surface area contributed by atoms with Crippen LogP contribution >= 0.6 is 0 Å². The first-order chi connectivity index (χ1) is 16.3. The Morgan fingerprint density at radius 1 is 0.882 bits per heavy atom. The van der Waals surface area contributed by atoms with Crippen molar-refractivity contribution in [3.63, 3.8) is 0 Å². The Labute approximate surface area is 193 Å². The molecule has 174 valence electrons. The molecule has 0 atom stereocenters. The molecule has 0 unspecified atom stereocenters. The molecule has 1 heterocycles. The normalized spacial score (nSPS) is 11.4. The van der Waals surface area contributed by atoms with E-state index in [-0.39, 0.29) is 24.6 Å². The number of alkyl halides is 3. The first kappa shape index (κ1) is 23.1. The molecule has 5 nitrogen and oxygen atoms in total. The Hall–Kier alpha value is -4.07. The minimum absolute atomic E-state index is 0.00490. The second-order valence-corrected chi connectivity index (χ2v) is 7.74. The van der Waals surface area contributed by atoms with Crippen molar-refractivity contribution in [3.05, 3.63) is 102 Å². The van der Waals surface area contributed by atoms with Crippen LogP contribution in [-0.2, 0) is 28.7 Å². The molecule has 8 heteroatoms. The molecular weight excluding hydrogens is 445 g/mol. The van der Waals surface area contributed by atoms with Crippen molar-refractivity contribution in [2.45, 2.75) is 19.1 Å². The maximum Gasteiger partial charge on any atom is 0.418 e. The van der Waals surface area contributed by atoms with Gasteiger partial charge < -0.3 is 14.6 Å². The van der Waals surface area contributed by atoms with E-state index in [1.165, 1.54) is 29.4 Å². The van der Waals surface area contributed by atoms with E-state index in [9.17, 15) is 22.8 Å². The number of anilines is 1. The molecule has 0 radical (unpaired) electrons. The highest BCUT2D eigenvalue weighted by atomic mass is 19.4. The number of amides is 2. The van der Waals surface area contributed by atoms with E-state index >= 15 is 0 Å². The number of halogens is 3. The van der Waals surface area contributed by atoms with Crippen LogP contribution in [0.1, 0.15) is 16.9 Å². The molecule has 2 amide bonds. The lowest BCUT2D eigenvalue weighted by Crippen LogP contribution is -2.38. The first-order valence-electron chi connectivity index (χ1n) is 10.5. The second-order valence-electron chi connectivity index (χ2n) is 7.74. The molecule has 4 rings (SSSR count). The molecule has 3 aromatic carbocycles. The summed E-state index contributed by atoms with van der Waals surface area (Å²) in [6.07, 6.45) is -3.15. The van der Waals surface area contributed by atoms with Crippen LogP contribution in [0.25, 0.3) is 10.8 Å². The zero-order valence-corrected chi connectivity index (χ0v) is 18.0. The Morgan fingerprint density at radius 3 is 2.38 bits per heavy atom. The molecule has 0 fully saturated rings. The Bertz CT molecular complexity index is 1290. The predicted molar refractivity (Wildman–Crippen MR) is 122 cm³/mol. The summed E-state index contributed by atoms with van der Waals surface area (Å²) in [5.74, 6) is -0.642. The fourth-order valence-electron chi connectivity index (χ4n) is 3.75. The molecule has 1 N–H and O–H groups in total. The van der Waals surface area contributed by atoms with E-state index in [0.29, 0.717) is 5.76 Å². The number of hydrogen-bond acceptors (Lipinski definition) is 3. The van der Waals surface area contributed by atoms with Gasteiger partial charge in [0.05, 0.1) is 30.5 Å². The van der Waals surface area contributed by atoms with Crippen molar-refractivity contribution in [1.29, 1.82) is 0 Å². The standard InChI is InChI=1S/C26H21F3N2O3/c27-26(28,29)22-12-3-4-13-23(22)30-24(32)17-31(16-20-10-6-14-34-20)25(33)15-19-9-5-8-18-7-1-2-11-21(18)19/h1-14H,15-17H2,(H,30,32). The Morgan fingerprint density at radius 2 is 1.62 bits per heavy atom. The van der Waals surface area contributed by atoms with Gasteiger partial charge in [-0.15, -0.1) is 0 Å². The van der Waals surface area contributed by atoms with Gasteiger partial charge in [-0.3, -0.25) is 9.59 Å². The van der Waals surface area contributed by atoms with Crippen LogP contribution < -0.4 is 5.32 Å². The summed E-state index contributed by atoms with van der Waals surface area (Å²) in [7, 11) is 0. The van der Waals surface area contributed by atoms with E-state index in [0.717, 1.165) is 22.4 Å². The molecule has 4 aromatic rings. The summed E-state index contributed by atoms with van der Waals surface area (Å²) in [6.45, 7) is -0.429. The number of benzene rings is 3. The number of para-hydroxylation sites is 1. The summed E-state index contributed by atoms with van der Waals surface area (Å²) in [4.78, 5) is 27.2. The summed E-state index contributed by atoms with van der Waals surface area (Å²) in [6, 6.07) is 21.3. The predicted octanol–water partition coefficient (Wildman–Crippen LogP) is 5.66. The number of furan rings is 1. The van der Waals surface area contributed by atoms with Gasteiger partial charge in [-0.2, -0.15) is 13.2 Å². The molecule has 34 heavy (non-hydrogen) atoms. The Kier molecular flexibility index (Phi) is 6.67. The van der Waals surface area contributed by atoms with Gasteiger partial charge in [0.15, 0.2) is 0 Å². The van der Waals surface area contributed by atoms with Crippen molar-refractivity contribution in [2.24, 2.45) is 0 Å². The van der Waals surface area contributed by atoms with E-state index in [4.69, 9.17) is 4.42 Å². The smallest absolute Gasteiger partial charge is 0.418 e. The average Bonchev–Trinajstić information content (AvgIpc) is 3.32. The summed E-state index contributed by atoms with van der Waals surface area (Å²) < 4.78 is 45.2. The lowest BCUT2D eigenvalue weighted by molar-refractivity contribution is -0.137. The van der Waals surface area contributed by atoms with Crippen LogP contribution in [0, 0.1) is 0 Å². The van der Waals surface area contributed by atoms with Gasteiger partial charge in [0.1, 0.15) is 12.3 Å². The molecule has 1 aromatic heterocycles. The van der Waals surface area contributed by atoms with Gasteiger partial charge in [-0.05, 0) is 40.6 Å². The third-order valence-corrected chi connectivity index (χ3v) is 5.34. The van der Waals surface area contributed by atoms with Crippen LogP contribution in [-0.4, -0.2) is 23.3 Å². The fourth-order valence-corrected chi connectivity index (χ4v) is 3.75. The summed E-state index contributed by atoms with van der Waals surface area (Å²) >= 11 is 0. The number of fused-ring (bicyclic) bond motifs is 1. The lowest BCUT2D eigenvalue weighted by Gasteiger charge is -2.22. The molecule has 0 bridgehead atoms. The van der Waals surface area contributed by atoms with Gasteiger partial charge in [-0.1, -0.05) is 54.6 Å². The van der Waals surface area contributed by atoms with Crippen molar-refractivity contribution >= 4 is 28.3 Å². The number of rotatable bonds is 7. The maximum atomic E-state index is 13.3. The minimum Gasteiger partial charge on any atom is -0.467 e. The number of nitrogens with one attached hydrogen (secondary N) is 1. The highest BCUT2D eigenvalue weighted by Crippen LogP contribution is 2.34. The van der Waals surface area contributed by atoms with Gasteiger partial charge in [0.2, 0.25) is 11.8 Å². The van der Waals surface area contributed by atoms with E-state index in [1.54, 1.807) is 12.1 Å². The highest BCUT2D eigenvalue weighted by molar-refractivity contribution is 5.96. The quantitative estimate of drug-likeness (QED) is 0.382. The molecule has 0 saturated heterocycles. The van der Waals surface area contributed by atoms with Gasteiger partial charge >= 0.3 is 6.18 Å². The fraction of sp³-hybridized carbons (Fsp3) is 0.154. The average molecular weight is 466 g/mol. The van der Waals surface area contributed by atoms with Crippen molar-refractivity contribution in [1.82, 2.24) is 4.90 Å². The van der Waals surface area contributed by atoms with Gasteiger partial charge in [-0.25, -0.2) is 0 Å². The zero-order chi connectivity index (χ0) is 24.1. The third kappa shape index (κ3) is 5.46. The van der Waals surface area contributed by atoms with Crippen LogP contribution in [0.5, 0.6) is 0 Å². The molecule has 0 aliphatic heterocycles. The van der Waals surface area contributed by atoms with E-state index in [1.807, 2.05) is 42.5 Å². The minimum atomic E-state index is -4.62. The van der Waals surface area contributed by atoms with Crippen molar-refractivity contribution in [3.8, 4) is 0 Å². The molecule has 0 aliphatic rings. The monoisotopic (exact) mass is 466 g/mol. The summed E-state index contributed by atoms with van der Waals surface area (Å²) in [5, 5.41) is 4.19. The lowest BCUT2D eigenvalue weighted by atomic mass is 10.0. The van der Waals surface area contributed by atoms with Crippen LogP contribution in [0.4, 0.5) is 18.9 Å². The van der Waals surface area contributed by atoms with E-state index in [2.05, 4.69) is 5.32 Å². The van der Waals surface area contributed by atoms with E-state index < -0.39 is 24.2 Å². The van der Waals surface area contributed by atoms with Crippen LogP contribution in [0.2, 0.25) is 0 Å². The molecule has 0 spiro atoms. The largest absolute Gasteiger partial charge is 0.467 e. The number of hydrogen-bond donors (Lipinski definition) is 1. The number of carbonyl (C=O) groups excluding carboxylic acids is 2. The van der Waals surface area contributed by atoms with Crippen LogP contribution in [0.15, 0.2) is 89.5 Å². The number of carbonyl (C=O) groups is 2. The molecule has 0 aliphatic carbocycles. The Balaban J connectivity index is 1.54. The number of nitrogens with zero attached hydrogens (tertiary/aromatic N) is 1. The van der Waals surface area contributed by atoms with Gasteiger partial charge in [0.25, 0.3) is 0 Å². The van der Waals surface area contributed by atoms with Crippen molar-refractivity contribution in [2.75, 3.05) is 11.9 Å². The van der Waals surface area contributed by atoms with Crippen LogP contribution in [0.3, 0.4) is 0 Å². The maximum absolute atomic E-state index is 13.3.